The van der Waals surface area contributed by atoms with Gasteiger partial charge in [0.05, 0.1) is 12.5 Å². The van der Waals surface area contributed by atoms with E-state index in [-0.39, 0.29) is 6.10 Å². The summed E-state index contributed by atoms with van der Waals surface area (Å²) in [5, 5.41) is 3.48. The summed E-state index contributed by atoms with van der Waals surface area (Å²) < 4.78 is 5.60. The first-order valence-electron chi connectivity index (χ1n) is 7.96. The van der Waals surface area contributed by atoms with Crippen molar-refractivity contribution in [2.45, 2.75) is 57.1 Å². The minimum atomic E-state index is 0.193. The van der Waals surface area contributed by atoms with Gasteiger partial charge in [-0.3, -0.25) is 4.79 Å². The van der Waals surface area contributed by atoms with Crippen LogP contribution in [0.15, 0.2) is 0 Å². The van der Waals surface area contributed by atoms with Gasteiger partial charge in [0.25, 0.3) is 0 Å². The number of carbonyl (C=O) groups is 1. The van der Waals surface area contributed by atoms with Crippen molar-refractivity contribution in [2.75, 3.05) is 26.2 Å². The van der Waals surface area contributed by atoms with E-state index in [1.807, 2.05) is 0 Å². The van der Waals surface area contributed by atoms with Crippen molar-refractivity contribution in [2.24, 2.45) is 5.92 Å². The molecule has 19 heavy (non-hydrogen) atoms. The largest absolute Gasteiger partial charge is 0.378 e. The number of nitrogens with one attached hydrogen (secondary N) is 1. The maximum atomic E-state index is 12.5. The number of nitrogens with zero attached hydrogens (tertiary/aromatic N) is 1. The highest BCUT2D eigenvalue weighted by atomic mass is 16.5. The van der Waals surface area contributed by atoms with Gasteiger partial charge in [-0.25, -0.2) is 0 Å². The Balaban J connectivity index is 1.56. The lowest BCUT2D eigenvalue weighted by atomic mass is 9.90. The minimum absolute atomic E-state index is 0.193. The van der Waals surface area contributed by atoms with Gasteiger partial charge < -0.3 is 15.0 Å². The third-order valence-electron chi connectivity index (χ3n) is 4.93. The molecule has 3 heterocycles. The van der Waals surface area contributed by atoms with Gasteiger partial charge in [0.1, 0.15) is 0 Å². The van der Waals surface area contributed by atoms with E-state index in [1.165, 1.54) is 25.7 Å². The molecule has 1 N–H and O–H groups in total. The zero-order valence-corrected chi connectivity index (χ0v) is 11.8. The number of amides is 1. The maximum Gasteiger partial charge on any atom is 0.225 e. The molecular formula is C15H26N2O2. The predicted octanol–water partition coefficient (Wildman–Crippen LogP) is 1.55. The van der Waals surface area contributed by atoms with E-state index in [9.17, 15) is 4.79 Å². The van der Waals surface area contributed by atoms with Crippen LogP contribution in [0, 0.1) is 5.92 Å². The number of hydrogen-bond donors (Lipinski definition) is 1. The van der Waals surface area contributed by atoms with Crippen LogP contribution in [-0.4, -0.2) is 49.2 Å². The van der Waals surface area contributed by atoms with Gasteiger partial charge in [-0.2, -0.15) is 0 Å². The molecule has 0 aromatic carbocycles. The van der Waals surface area contributed by atoms with Crippen LogP contribution >= 0.6 is 0 Å². The SMILES string of the molecule is O=C(CC1CCCO1)N1CCCC1C1CCCNC1. The fraction of sp³-hybridized carbons (Fsp3) is 0.933. The van der Waals surface area contributed by atoms with Crippen molar-refractivity contribution in [1.29, 1.82) is 0 Å². The number of piperidine rings is 1. The molecule has 3 aliphatic rings. The van der Waals surface area contributed by atoms with Crippen LogP contribution in [0.2, 0.25) is 0 Å². The van der Waals surface area contributed by atoms with Crippen molar-refractivity contribution >= 4 is 5.91 Å². The summed E-state index contributed by atoms with van der Waals surface area (Å²) >= 11 is 0. The summed E-state index contributed by atoms with van der Waals surface area (Å²) in [5.74, 6) is 1.00. The first-order valence-corrected chi connectivity index (χ1v) is 7.96. The van der Waals surface area contributed by atoms with E-state index in [4.69, 9.17) is 4.74 Å². The molecule has 0 bridgehead atoms. The van der Waals surface area contributed by atoms with Crippen LogP contribution in [0.25, 0.3) is 0 Å². The Bertz CT molecular complexity index is 309. The van der Waals surface area contributed by atoms with Crippen LogP contribution in [0.3, 0.4) is 0 Å². The Morgan fingerprint density at radius 2 is 2.16 bits per heavy atom. The molecule has 3 aliphatic heterocycles. The third-order valence-corrected chi connectivity index (χ3v) is 4.93. The van der Waals surface area contributed by atoms with Gasteiger partial charge in [-0.05, 0) is 57.5 Å². The highest BCUT2D eigenvalue weighted by Gasteiger charge is 2.36. The lowest BCUT2D eigenvalue weighted by molar-refractivity contribution is -0.135. The molecule has 0 spiro atoms. The zero-order chi connectivity index (χ0) is 13.1. The molecule has 108 valence electrons. The lowest BCUT2D eigenvalue weighted by Gasteiger charge is -2.34. The van der Waals surface area contributed by atoms with E-state index in [1.54, 1.807) is 0 Å². The Labute approximate surface area is 115 Å². The molecular weight excluding hydrogens is 240 g/mol. The molecule has 3 rings (SSSR count). The third kappa shape index (κ3) is 3.11. The summed E-state index contributed by atoms with van der Waals surface area (Å²) in [4.78, 5) is 14.6. The van der Waals surface area contributed by atoms with Crippen LogP contribution in [-0.2, 0) is 9.53 Å². The molecule has 3 atom stereocenters. The van der Waals surface area contributed by atoms with Crippen molar-refractivity contribution in [3.63, 3.8) is 0 Å². The summed E-state index contributed by atoms with van der Waals surface area (Å²) in [6, 6.07) is 0.488. The monoisotopic (exact) mass is 266 g/mol. The Morgan fingerprint density at radius 3 is 2.89 bits per heavy atom. The second-order valence-corrected chi connectivity index (χ2v) is 6.24. The highest BCUT2D eigenvalue weighted by Crippen LogP contribution is 2.29. The van der Waals surface area contributed by atoms with E-state index in [0.717, 1.165) is 39.1 Å². The number of rotatable bonds is 3. The Kier molecular flexibility index (Phi) is 4.38. The number of carbonyl (C=O) groups excluding carboxylic acids is 1. The number of ether oxygens (including phenoxy) is 1. The van der Waals surface area contributed by atoms with Crippen LogP contribution in [0.4, 0.5) is 0 Å². The van der Waals surface area contributed by atoms with E-state index in [0.29, 0.717) is 24.3 Å². The van der Waals surface area contributed by atoms with Gasteiger partial charge in [0.2, 0.25) is 5.91 Å². The van der Waals surface area contributed by atoms with Crippen LogP contribution in [0.1, 0.15) is 44.9 Å². The van der Waals surface area contributed by atoms with Crippen LogP contribution < -0.4 is 5.32 Å². The van der Waals surface area contributed by atoms with Crippen molar-refractivity contribution in [3.05, 3.63) is 0 Å². The Morgan fingerprint density at radius 1 is 1.21 bits per heavy atom. The van der Waals surface area contributed by atoms with Crippen molar-refractivity contribution < 1.29 is 9.53 Å². The van der Waals surface area contributed by atoms with Crippen LogP contribution in [0.5, 0.6) is 0 Å². The molecule has 1 amide bonds. The molecule has 3 saturated heterocycles. The van der Waals surface area contributed by atoms with E-state index < -0.39 is 0 Å². The smallest absolute Gasteiger partial charge is 0.225 e. The fourth-order valence-corrected chi connectivity index (χ4v) is 3.92. The zero-order valence-electron chi connectivity index (χ0n) is 11.8. The summed E-state index contributed by atoms with van der Waals surface area (Å²) in [5.41, 5.74) is 0. The summed E-state index contributed by atoms with van der Waals surface area (Å²) in [7, 11) is 0. The average Bonchev–Trinajstić information content (AvgIpc) is 3.10. The molecule has 4 nitrogen and oxygen atoms in total. The van der Waals surface area contributed by atoms with Gasteiger partial charge in [-0.1, -0.05) is 0 Å². The van der Waals surface area contributed by atoms with Crippen molar-refractivity contribution in [3.8, 4) is 0 Å². The van der Waals surface area contributed by atoms with Gasteiger partial charge in [-0.15, -0.1) is 0 Å². The van der Waals surface area contributed by atoms with Crippen molar-refractivity contribution in [1.82, 2.24) is 10.2 Å². The van der Waals surface area contributed by atoms with E-state index >= 15 is 0 Å². The van der Waals surface area contributed by atoms with Gasteiger partial charge >= 0.3 is 0 Å². The molecule has 0 aromatic rings. The molecule has 3 fully saturated rings. The second kappa shape index (κ2) is 6.23. The predicted molar refractivity (Wildman–Crippen MR) is 73.9 cm³/mol. The maximum absolute atomic E-state index is 12.5. The van der Waals surface area contributed by atoms with E-state index in [2.05, 4.69) is 10.2 Å². The van der Waals surface area contributed by atoms with Gasteiger partial charge in [0.15, 0.2) is 0 Å². The summed E-state index contributed by atoms with van der Waals surface area (Å²) in [6.07, 6.45) is 7.90. The average molecular weight is 266 g/mol. The summed E-state index contributed by atoms with van der Waals surface area (Å²) in [6.45, 7) is 4.04. The molecule has 3 unspecified atom stereocenters. The quantitative estimate of drug-likeness (QED) is 0.842. The minimum Gasteiger partial charge on any atom is -0.378 e. The molecule has 0 aromatic heterocycles. The normalized spacial score (nSPS) is 35.8. The van der Waals surface area contributed by atoms with Gasteiger partial charge in [0, 0.05) is 19.2 Å². The lowest BCUT2D eigenvalue weighted by Crippen LogP contribution is -2.46. The number of hydrogen-bond acceptors (Lipinski definition) is 3. The topological polar surface area (TPSA) is 41.6 Å². The standard InChI is InChI=1S/C15H26N2O2/c18-15(10-13-5-3-9-19-13)17-8-2-6-14(17)12-4-1-7-16-11-12/h12-14,16H,1-11H2. The first-order chi connectivity index (χ1) is 9.34. The molecule has 4 heteroatoms. The second-order valence-electron chi connectivity index (χ2n) is 6.24. The molecule has 0 aliphatic carbocycles. The molecule has 0 saturated carbocycles. The highest BCUT2D eigenvalue weighted by molar-refractivity contribution is 5.77. The first kappa shape index (κ1) is 13.4. The number of likely N-dealkylation sites (tertiary alicyclic amines) is 1. The molecule has 0 radical (unpaired) electrons. The Hall–Kier alpha value is -0.610. The fourth-order valence-electron chi connectivity index (χ4n) is 3.92.